The molecule has 147 heavy (non-hydrogen) atoms. The van der Waals surface area contributed by atoms with E-state index in [9.17, 15) is 19.2 Å². The first-order valence-electron chi connectivity index (χ1n) is 46.4. The number of pyridine rings is 8. The molecule has 20 aromatic heterocycles. The van der Waals surface area contributed by atoms with Gasteiger partial charge in [-0.25, -0.2) is 19.9 Å². The summed E-state index contributed by atoms with van der Waals surface area (Å²) >= 11 is 0. The van der Waals surface area contributed by atoms with Crippen LogP contribution < -0.4 is 21.3 Å². The van der Waals surface area contributed by atoms with E-state index in [1.165, 1.54) is 0 Å². The summed E-state index contributed by atoms with van der Waals surface area (Å²) < 4.78 is 21.0. The van der Waals surface area contributed by atoms with Crippen LogP contribution in [-0.4, -0.2) is 144 Å². The first-order chi connectivity index (χ1) is 69.9. The van der Waals surface area contributed by atoms with E-state index >= 15 is 0 Å². The number of amides is 4. The molecule has 36 heteroatoms. The normalized spacial score (nSPS) is 11.7. The maximum Gasteiger partial charge on any atom is 0.227 e. The summed E-state index contributed by atoms with van der Waals surface area (Å²) in [6.45, 7) is 10.2. The fourth-order valence-corrected chi connectivity index (χ4v) is 17.1. The molecular formula is C111H104N28O8. The molecule has 0 atom stereocenters. The molecule has 736 valence electrons. The van der Waals surface area contributed by atoms with Crippen LogP contribution in [0.3, 0.4) is 0 Å². The number of rotatable bonds is 23. The number of nitrogens with zero attached hydrogens (tertiary/aromatic N) is 16. The van der Waals surface area contributed by atoms with Crippen LogP contribution in [0.5, 0.6) is 0 Å². The number of hydrogen-bond acceptors (Lipinski definition) is 24. The third-order valence-corrected chi connectivity index (χ3v) is 24.3. The Morgan fingerprint density at radius 3 is 0.871 bits per heavy atom. The number of aromatic nitrogens is 24. The summed E-state index contributed by atoms with van der Waals surface area (Å²) in [5.74, 6) is 2.70. The van der Waals surface area contributed by atoms with Crippen LogP contribution in [-0.2, 0) is 19.2 Å². The lowest BCUT2D eigenvalue weighted by molar-refractivity contribution is -0.118. The fraction of sp³-hybridized carbons (Fsp3) is 0.171. The van der Waals surface area contributed by atoms with E-state index in [2.05, 4.69) is 141 Å². The number of carbonyl (C=O) groups excluding carboxylic acids is 4. The highest BCUT2D eigenvalue weighted by atomic mass is 16.3. The van der Waals surface area contributed by atoms with Crippen molar-refractivity contribution in [3.8, 4) is 135 Å². The van der Waals surface area contributed by atoms with Crippen molar-refractivity contribution in [3.05, 3.63) is 271 Å². The van der Waals surface area contributed by atoms with Gasteiger partial charge >= 0.3 is 0 Å². The Kier molecular flexibility index (Phi) is 28.2. The molecule has 12 N–H and O–H groups in total. The molecule has 4 amide bonds. The number of hydrogen-bond donors (Lipinski definition) is 12. The Labute approximate surface area is 840 Å². The highest BCUT2D eigenvalue weighted by Gasteiger charge is 2.31. The summed E-state index contributed by atoms with van der Waals surface area (Å²) in [7, 11) is 0. The van der Waals surface area contributed by atoms with E-state index in [0.29, 0.717) is 88.1 Å². The highest BCUT2D eigenvalue weighted by Crippen LogP contribution is 2.42. The zero-order valence-corrected chi connectivity index (χ0v) is 77.6. The first-order valence-corrected chi connectivity index (χ1v) is 46.4. The molecule has 20 heterocycles. The number of imidazole rings is 4. The van der Waals surface area contributed by atoms with E-state index in [4.69, 9.17) is 37.6 Å². The molecule has 36 nitrogen and oxygen atoms in total. The molecule has 0 saturated heterocycles. The van der Waals surface area contributed by atoms with Gasteiger partial charge in [-0.3, -0.25) is 79.4 Å². The van der Waals surface area contributed by atoms with E-state index in [-0.39, 0.29) is 64.7 Å². The van der Waals surface area contributed by atoms with Crippen LogP contribution >= 0.6 is 0 Å². The number of anilines is 4. The molecule has 1 aliphatic rings. The minimum absolute atomic E-state index is 0. The number of furan rings is 4. The number of H-pyrrole nitrogens is 8. The van der Waals surface area contributed by atoms with Crippen LogP contribution in [0, 0.1) is 11.3 Å². The van der Waals surface area contributed by atoms with Gasteiger partial charge in [0.05, 0.1) is 167 Å². The summed E-state index contributed by atoms with van der Waals surface area (Å²) in [5, 5.41) is 46.0. The number of nitrogens with one attached hydrogen (secondary N) is 12. The Hall–Kier alpha value is -19.2. The van der Waals surface area contributed by atoms with Crippen LogP contribution in [0.2, 0.25) is 0 Å². The zero-order chi connectivity index (χ0) is 97.2. The van der Waals surface area contributed by atoms with Gasteiger partial charge in [0.25, 0.3) is 0 Å². The molecule has 1 fully saturated rings. The second kappa shape index (κ2) is 42.3. The van der Waals surface area contributed by atoms with Crippen molar-refractivity contribution in [2.45, 2.75) is 116 Å². The predicted molar refractivity (Wildman–Crippen MR) is 572 cm³/mol. The average Bonchev–Trinajstić information content (AvgIpc) is 1.63. The Morgan fingerprint density at radius 2 is 0.599 bits per heavy atom. The van der Waals surface area contributed by atoms with E-state index in [1.807, 2.05) is 137 Å². The maximum atomic E-state index is 12.4. The Balaban J connectivity index is 0.000000127. The van der Waals surface area contributed by atoms with Gasteiger partial charge in [-0.2, -0.15) is 20.4 Å². The van der Waals surface area contributed by atoms with Gasteiger partial charge in [0.1, 0.15) is 44.8 Å². The lowest BCUT2D eigenvalue weighted by Crippen LogP contribution is -2.19. The number of benzene rings is 4. The monoisotopic (exact) mass is 1960 g/mol. The number of unbranched alkanes of at least 4 members (excludes halogenated alkanes) is 1. The molecule has 0 aliphatic heterocycles. The lowest BCUT2D eigenvalue weighted by Gasteiger charge is -2.17. The van der Waals surface area contributed by atoms with Crippen LogP contribution in [0.1, 0.15) is 116 Å². The lowest BCUT2D eigenvalue weighted by atomic mass is 9.92. The van der Waals surface area contributed by atoms with Gasteiger partial charge in [0.2, 0.25) is 23.6 Å². The van der Waals surface area contributed by atoms with Gasteiger partial charge in [0, 0.05) is 163 Å². The number of fused-ring (bicyclic) bond motifs is 8. The summed E-state index contributed by atoms with van der Waals surface area (Å²) in [6.07, 6.45) is 47.1. The molecule has 24 aromatic rings. The minimum Gasteiger partial charge on any atom is -0.472 e. The summed E-state index contributed by atoms with van der Waals surface area (Å²) in [5.41, 5.74) is 30.0. The minimum atomic E-state index is -0.0934. The third kappa shape index (κ3) is 20.9. The smallest absolute Gasteiger partial charge is 0.227 e. The molecule has 0 spiro atoms. The standard InChI is InChI=1S/C28H25N7O2.C27H23N7O2.C26H19N7O2.C26H21N7O2.4CH4/c1-28(2,3)10-24(36)31-19-8-18(11-29-12-19)16-4-5-22-20(9-16)26(35-34-22)27-32-23-14-30-13-21(25(23)33-27)17-6-7-37-15-17;1-2-3-4-24(35)30-19-9-18(11-28-12-19)16-5-6-22-20(10-16)26(34-33-22)27-31-23-14-29-13-21(25(23)32-27)17-7-8-36-15-17;34-26(14-1-2-14)29-18-7-17(9-27-10-18)15-3-4-21-19(8-15)24(33-32-21)25-30-22-12-28-11-20(23(22)31-25)16-5-6-35-13-16;1-2-3-23(34)29-18-8-17(10-27-11-18)15-4-5-21-19(9-15)25(33-32-21)26-30-22-13-28-12-20(24(22)31-26)16-6-7-35-14-16;;;;/h4-9,11-15H,10H2,1-3H3,(H,31,36)(H,32,33)(H,34,35);5-15H,2-4H2,1H3,(H,30,35)(H,31,32)(H,33,34);3-14H,1-2H2,(H,29,34)(H,30,31)(H,32,33);4-14H,2-3H2,1H3,(H,29,34)(H,30,31)(H,32,33);4*1H4. The topological polar surface area (TPSA) is 502 Å². The van der Waals surface area contributed by atoms with Gasteiger partial charge in [-0.1, -0.05) is 95.0 Å². The fourth-order valence-electron chi connectivity index (χ4n) is 17.1. The number of aromatic amines is 8. The van der Waals surface area contributed by atoms with Crippen molar-refractivity contribution in [1.82, 2.24) is 121 Å². The largest absolute Gasteiger partial charge is 0.472 e. The summed E-state index contributed by atoms with van der Waals surface area (Å²) in [6, 6.07) is 39.4. The van der Waals surface area contributed by atoms with Gasteiger partial charge in [0.15, 0.2) is 23.3 Å². The van der Waals surface area contributed by atoms with Crippen LogP contribution in [0.25, 0.3) is 223 Å². The van der Waals surface area contributed by atoms with Crippen molar-refractivity contribution in [2.75, 3.05) is 21.3 Å². The molecule has 0 bridgehead atoms. The molecule has 1 aliphatic carbocycles. The SMILES string of the molecule is C.C.C.C.CC(C)(C)CC(=O)Nc1cncc(-c2ccc3[nH]nc(-c4nc5c(-c6ccoc6)cncc5[nH]4)c3c2)c1.CCCC(=O)Nc1cncc(-c2ccc3[nH]nc(-c4nc5c(-c6ccoc6)cncc5[nH]4)c3c2)c1.CCCCC(=O)Nc1cncc(-c2ccc3[nH]nc(-c4nc5c(-c6ccoc6)cncc5[nH]4)c3c2)c1.O=C(Nc1cncc(-c2ccc3[nH]nc(-c4nc5c(-c6ccoc6)cncc5[nH]4)c3c2)c1)C1CC1. The second-order valence-corrected chi connectivity index (χ2v) is 35.9. The van der Waals surface area contributed by atoms with E-state index in [0.717, 1.165) is 209 Å². The van der Waals surface area contributed by atoms with E-state index in [1.54, 1.807) is 149 Å². The Bertz CT molecular complexity index is 8830. The molecule has 4 aromatic carbocycles. The zero-order valence-electron chi connectivity index (χ0n) is 77.6. The predicted octanol–water partition coefficient (Wildman–Crippen LogP) is 25.4. The van der Waals surface area contributed by atoms with Crippen molar-refractivity contribution in [3.63, 3.8) is 0 Å². The van der Waals surface area contributed by atoms with E-state index < -0.39 is 0 Å². The Morgan fingerprint density at radius 1 is 0.313 bits per heavy atom. The van der Waals surface area contributed by atoms with Gasteiger partial charge in [-0.05, 0) is 150 Å². The van der Waals surface area contributed by atoms with Crippen LogP contribution in [0.4, 0.5) is 22.7 Å². The molecular weight excluding hydrogens is 1850 g/mol. The molecule has 0 unspecified atom stereocenters. The molecule has 25 rings (SSSR count). The molecule has 0 radical (unpaired) electrons. The third-order valence-electron chi connectivity index (χ3n) is 24.3. The van der Waals surface area contributed by atoms with Crippen molar-refractivity contribution in [2.24, 2.45) is 11.3 Å². The first kappa shape index (κ1) is 98.0. The highest BCUT2D eigenvalue weighted by molar-refractivity contribution is 6.05. The number of carbonyl (C=O) groups is 4. The maximum absolute atomic E-state index is 12.4. The van der Waals surface area contributed by atoms with Crippen molar-refractivity contribution >= 4 is 134 Å². The summed E-state index contributed by atoms with van der Waals surface area (Å²) in [4.78, 5) is 116. The van der Waals surface area contributed by atoms with Crippen molar-refractivity contribution in [1.29, 1.82) is 0 Å². The van der Waals surface area contributed by atoms with Gasteiger partial charge in [-0.15, -0.1) is 0 Å². The van der Waals surface area contributed by atoms with Gasteiger partial charge < -0.3 is 58.9 Å². The quantitative estimate of drug-likeness (QED) is 0.0283. The average molecular weight is 1960 g/mol. The molecule has 1 saturated carbocycles. The van der Waals surface area contributed by atoms with Crippen molar-refractivity contribution < 1.29 is 36.8 Å². The van der Waals surface area contributed by atoms with Crippen LogP contribution in [0.15, 0.2) is 288 Å². The second-order valence-electron chi connectivity index (χ2n) is 35.9.